The minimum absolute atomic E-state index is 0.0204. The fraction of sp³-hybridized carbons (Fsp3) is 0. The zero-order valence-electron chi connectivity index (χ0n) is 14.2. The Kier molecular flexibility index (Phi) is 5.51. The summed E-state index contributed by atoms with van der Waals surface area (Å²) in [5.41, 5.74) is 1.69. The summed E-state index contributed by atoms with van der Waals surface area (Å²) < 4.78 is 0. The second kappa shape index (κ2) is 8.36. The van der Waals surface area contributed by atoms with E-state index in [-0.39, 0.29) is 23.0 Å². The third kappa shape index (κ3) is 4.85. The van der Waals surface area contributed by atoms with Crippen molar-refractivity contribution in [1.29, 1.82) is 0 Å². The van der Waals surface area contributed by atoms with Gasteiger partial charge in [0.25, 0.3) is 11.9 Å². The molecular weight excluding hydrogens is 364 g/mol. The van der Waals surface area contributed by atoms with Gasteiger partial charge < -0.3 is 10.2 Å². The zero-order chi connectivity index (χ0) is 19.9. The second-order valence-electron chi connectivity index (χ2n) is 5.37. The molecule has 2 N–H and O–H groups in total. The third-order valence-corrected chi connectivity index (χ3v) is 3.43. The molecule has 0 bridgehead atoms. The molecular formula is C18H12N6O4. The summed E-state index contributed by atoms with van der Waals surface area (Å²) in [6.07, 6.45) is 2.91. The number of rotatable bonds is 6. The van der Waals surface area contributed by atoms with Crippen LogP contribution in [0.1, 0.15) is 31.8 Å². The predicted octanol–water partition coefficient (Wildman–Crippen LogP) is 2.16. The van der Waals surface area contributed by atoms with Gasteiger partial charge in [-0.05, 0) is 35.4 Å². The van der Waals surface area contributed by atoms with Gasteiger partial charge in [-0.3, -0.25) is 0 Å². The van der Waals surface area contributed by atoms with Crippen LogP contribution in [0.2, 0.25) is 0 Å². The number of carboxylic acid groups (broad SMARTS) is 2. The van der Waals surface area contributed by atoms with Gasteiger partial charge in [0.1, 0.15) is 0 Å². The van der Waals surface area contributed by atoms with Gasteiger partial charge >= 0.3 is 11.9 Å². The Morgan fingerprint density at radius 2 is 0.964 bits per heavy atom. The lowest BCUT2D eigenvalue weighted by Crippen LogP contribution is -1.96. The van der Waals surface area contributed by atoms with E-state index in [1.807, 2.05) is 0 Å². The summed E-state index contributed by atoms with van der Waals surface area (Å²) in [4.78, 5) is 29.6. The number of aromatic carboxylic acids is 2. The number of benzene rings is 2. The lowest BCUT2D eigenvalue weighted by molar-refractivity contribution is 0.0686. The minimum Gasteiger partial charge on any atom is -0.478 e. The van der Waals surface area contributed by atoms with Crippen molar-refractivity contribution in [1.82, 2.24) is 20.4 Å². The zero-order valence-corrected chi connectivity index (χ0v) is 14.2. The lowest BCUT2D eigenvalue weighted by Gasteiger charge is -1.96. The molecule has 3 rings (SSSR count). The van der Waals surface area contributed by atoms with Crippen molar-refractivity contribution in [3.8, 4) is 0 Å². The molecule has 2 aromatic carbocycles. The molecule has 0 fully saturated rings. The maximum Gasteiger partial charge on any atom is 0.335 e. The van der Waals surface area contributed by atoms with Gasteiger partial charge in [0.2, 0.25) is 0 Å². The molecule has 0 aliphatic heterocycles. The van der Waals surface area contributed by atoms with Crippen molar-refractivity contribution in [3.05, 3.63) is 70.8 Å². The predicted molar refractivity (Wildman–Crippen MR) is 98.9 cm³/mol. The second-order valence-corrected chi connectivity index (χ2v) is 5.37. The van der Waals surface area contributed by atoms with Gasteiger partial charge in [0, 0.05) is 12.4 Å². The fourth-order valence-corrected chi connectivity index (χ4v) is 2.01. The van der Waals surface area contributed by atoms with Gasteiger partial charge in [-0.25, -0.2) is 19.6 Å². The molecule has 10 heteroatoms. The fourth-order valence-electron chi connectivity index (χ4n) is 2.01. The first-order valence-corrected chi connectivity index (χ1v) is 7.83. The number of aliphatic imine (C=N–C) groups is 2. The SMILES string of the molecule is O=C(O)c1ccc(/C=N/c2nnc(/N=C/c3ccc(C(=O)O)cc3)nn2)cc1. The van der Waals surface area contributed by atoms with Crippen LogP contribution in [0.25, 0.3) is 0 Å². The first-order chi connectivity index (χ1) is 13.5. The topological polar surface area (TPSA) is 151 Å². The summed E-state index contributed by atoms with van der Waals surface area (Å²) in [6.45, 7) is 0. The summed E-state index contributed by atoms with van der Waals surface area (Å²) in [5.74, 6) is -1.97. The Labute approximate surface area is 158 Å². The van der Waals surface area contributed by atoms with Gasteiger partial charge in [-0.2, -0.15) is 0 Å². The van der Waals surface area contributed by atoms with E-state index in [1.54, 1.807) is 24.3 Å². The monoisotopic (exact) mass is 376 g/mol. The van der Waals surface area contributed by atoms with Crippen LogP contribution < -0.4 is 0 Å². The molecule has 0 aliphatic rings. The molecule has 0 unspecified atom stereocenters. The Hall–Kier alpha value is -4.34. The first kappa shape index (κ1) is 18.5. The third-order valence-electron chi connectivity index (χ3n) is 3.43. The van der Waals surface area contributed by atoms with Crippen molar-refractivity contribution in [2.45, 2.75) is 0 Å². The molecule has 1 aromatic heterocycles. The number of carboxylic acids is 2. The Morgan fingerprint density at radius 3 is 1.25 bits per heavy atom. The minimum atomic E-state index is -1.01. The van der Waals surface area contributed by atoms with Crippen molar-refractivity contribution in [2.75, 3.05) is 0 Å². The van der Waals surface area contributed by atoms with Gasteiger partial charge in [-0.1, -0.05) is 24.3 Å². The van der Waals surface area contributed by atoms with Crippen LogP contribution in [0.4, 0.5) is 11.9 Å². The van der Waals surface area contributed by atoms with Crippen molar-refractivity contribution in [2.24, 2.45) is 9.98 Å². The van der Waals surface area contributed by atoms with E-state index in [1.165, 1.54) is 36.7 Å². The number of aromatic nitrogens is 4. The molecule has 138 valence electrons. The number of hydrogen-bond donors (Lipinski definition) is 2. The average molecular weight is 376 g/mol. The molecule has 0 radical (unpaired) electrons. The summed E-state index contributed by atoms with van der Waals surface area (Å²) in [7, 11) is 0. The highest BCUT2D eigenvalue weighted by molar-refractivity contribution is 5.90. The maximum atomic E-state index is 10.8. The van der Waals surface area contributed by atoms with E-state index in [9.17, 15) is 9.59 Å². The molecule has 28 heavy (non-hydrogen) atoms. The quantitative estimate of drug-likeness (QED) is 0.621. The molecule has 0 atom stereocenters. The van der Waals surface area contributed by atoms with Crippen LogP contribution in [0.15, 0.2) is 58.5 Å². The van der Waals surface area contributed by atoms with Crippen LogP contribution in [0, 0.1) is 0 Å². The van der Waals surface area contributed by atoms with Crippen LogP contribution in [-0.4, -0.2) is 55.0 Å². The lowest BCUT2D eigenvalue weighted by atomic mass is 10.1. The molecule has 1 heterocycles. The molecule has 0 saturated carbocycles. The highest BCUT2D eigenvalue weighted by Crippen LogP contribution is 2.07. The Bertz CT molecular complexity index is 958. The number of nitrogens with zero attached hydrogens (tertiary/aromatic N) is 6. The normalized spacial score (nSPS) is 11.1. The van der Waals surface area contributed by atoms with E-state index in [0.29, 0.717) is 11.1 Å². The van der Waals surface area contributed by atoms with E-state index in [2.05, 4.69) is 30.4 Å². The van der Waals surface area contributed by atoms with Gasteiger partial charge in [0.05, 0.1) is 11.1 Å². The van der Waals surface area contributed by atoms with Crippen molar-refractivity contribution < 1.29 is 19.8 Å². The largest absolute Gasteiger partial charge is 0.478 e. The highest BCUT2D eigenvalue weighted by Gasteiger charge is 2.02. The molecule has 10 nitrogen and oxygen atoms in total. The maximum absolute atomic E-state index is 10.8. The van der Waals surface area contributed by atoms with Gasteiger partial charge in [0.15, 0.2) is 0 Å². The van der Waals surface area contributed by atoms with Crippen LogP contribution in [-0.2, 0) is 0 Å². The van der Waals surface area contributed by atoms with Crippen LogP contribution >= 0.6 is 0 Å². The summed E-state index contributed by atoms with van der Waals surface area (Å²) in [5, 5.41) is 32.8. The molecule has 0 spiro atoms. The summed E-state index contributed by atoms with van der Waals surface area (Å²) in [6, 6.07) is 12.2. The molecule has 0 saturated heterocycles. The van der Waals surface area contributed by atoms with Crippen molar-refractivity contribution in [3.63, 3.8) is 0 Å². The van der Waals surface area contributed by atoms with Crippen LogP contribution in [0.5, 0.6) is 0 Å². The molecule has 0 aliphatic carbocycles. The Balaban J connectivity index is 1.64. The average Bonchev–Trinajstić information content (AvgIpc) is 2.72. The summed E-state index contributed by atoms with van der Waals surface area (Å²) >= 11 is 0. The Morgan fingerprint density at radius 1 is 0.643 bits per heavy atom. The molecule has 0 amide bonds. The first-order valence-electron chi connectivity index (χ1n) is 7.83. The number of hydrogen-bond acceptors (Lipinski definition) is 8. The highest BCUT2D eigenvalue weighted by atomic mass is 16.4. The van der Waals surface area contributed by atoms with E-state index < -0.39 is 11.9 Å². The van der Waals surface area contributed by atoms with E-state index >= 15 is 0 Å². The van der Waals surface area contributed by atoms with Crippen LogP contribution in [0.3, 0.4) is 0 Å². The smallest absolute Gasteiger partial charge is 0.335 e. The van der Waals surface area contributed by atoms with Gasteiger partial charge in [-0.15, -0.1) is 20.4 Å². The standard InChI is InChI=1S/C18H12N6O4/c25-15(26)13-5-1-11(2-6-13)9-19-17-21-23-18(24-22-17)20-10-12-3-7-14(8-4-12)16(27)28/h1-10H,(H,25,26)(H,27,28)/b19-9+,20-10+. The van der Waals surface area contributed by atoms with E-state index in [0.717, 1.165) is 0 Å². The molecule has 3 aromatic rings. The van der Waals surface area contributed by atoms with E-state index in [4.69, 9.17) is 10.2 Å². The van der Waals surface area contributed by atoms with Crippen molar-refractivity contribution >= 4 is 36.3 Å². The number of carbonyl (C=O) groups is 2.